The van der Waals surface area contributed by atoms with Gasteiger partial charge in [0.1, 0.15) is 22.9 Å². The lowest BCUT2D eigenvalue weighted by Gasteiger charge is -2.36. The summed E-state index contributed by atoms with van der Waals surface area (Å²) in [6, 6.07) is 6.66. The van der Waals surface area contributed by atoms with Crippen LogP contribution in [0.1, 0.15) is 49.7 Å². The lowest BCUT2D eigenvalue weighted by atomic mass is 9.94. The van der Waals surface area contributed by atoms with Gasteiger partial charge in [-0.05, 0) is 61.6 Å². The number of fused-ring (bicyclic) bond motifs is 1. The number of benzene rings is 2. The molecule has 1 aliphatic carbocycles. The summed E-state index contributed by atoms with van der Waals surface area (Å²) in [6.07, 6.45) is 4.86. The molecule has 0 saturated heterocycles. The van der Waals surface area contributed by atoms with Gasteiger partial charge in [0.15, 0.2) is 0 Å². The van der Waals surface area contributed by atoms with E-state index in [1.54, 1.807) is 6.07 Å². The summed E-state index contributed by atoms with van der Waals surface area (Å²) in [5, 5.41) is 23.1. The van der Waals surface area contributed by atoms with Crippen LogP contribution in [0.3, 0.4) is 0 Å². The number of amides is 2. The highest BCUT2D eigenvalue weighted by atomic mass is 32.1. The predicted octanol–water partition coefficient (Wildman–Crippen LogP) is 4.48. The molecule has 0 spiro atoms. The Bertz CT molecular complexity index is 1390. The van der Waals surface area contributed by atoms with Crippen molar-refractivity contribution in [3.05, 3.63) is 62.8 Å². The quantitative estimate of drug-likeness (QED) is 0.218. The van der Waals surface area contributed by atoms with E-state index >= 15 is 0 Å². The normalized spacial score (nSPS) is 13.9. The van der Waals surface area contributed by atoms with Crippen LogP contribution in [-0.2, 0) is 17.6 Å². The maximum absolute atomic E-state index is 13.4. The van der Waals surface area contributed by atoms with Gasteiger partial charge in [0.25, 0.3) is 0 Å². The monoisotopic (exact) mass is 590 g/mol. The van der Waals surface area contributed by atoms with Crippen molar-refractivity contribution in [2.45, 2.75) is 57.4 Å². The fraction of sp³-hybridized carbons (Fsp3) is 0.483. The van der Waals surface area contributed by atoms with Gasteiger partial charge in [0, 0.05) is 44.7 Å². The summed E-state index contributed by atoms with van der Waals surface area (Å²) in [5.41, 5.74) is 1.66. The van der Waals surface area contributed by atoms with Crippen molar-refractivity contribution in [2.75, 3.05) is 32.7 Å². The third kappa shape index (κ3) is 8.49. The minimum Gasteiger partial charge on any atom is -0.506 e. The number of phenols is 1. The molecule has 12 heteroatoms. The van der Waals surface area contributed by atoms with Crippen molar-refractivity contribution in [2.24, 2.45) is 0 Å². The number of H-pyrrole nitrogens is 1. The summed E-state index contributed by atoms with van der Waals surface area (Å²) in [7, 11) is 0. The molecule has 1 aromatic heterocycles. The van der Waals surface area contributed by atoms with Crippen LogP contribution in [0.2, 0.25) is 0 Å². The maximum atomic E-state index is 13.4. The van der Waals surface area contributed by atoms with E-state index in [4.69, 9.17) is 0 Å². The number of halogens is 2. The van der Waals surface area contributed by atoms with Crippen molar-refractivity contribution in [3.63, 3.8) is 0 Å². The van der Waals surface area contributed by atoms with Gasteiger partial charge in [-0.1, -0.05) is 36.7 Å². The number of carbonyl (C=O) groups excluding carboxylic acids is 1. The van der Waals surface area contributed by atoms with Crippen LogP contribution < -0.4 is 10.2 Å². The van der Waals surface area contributed by atoms with Gasteiger partial charge in [-0.2, -0.15) is 0 Å². The molecule has 2 amide bonds. The molecule has 222 valence electrons. The lowest BCUT2D eigenvalue weighted by molar-refractivity contribution is -0.134. The number of aromatic nitrogens is 1. The molecule has 1 heterocycles. The molecule has 9 nitrogen and oxygen atoms in total. The number of nitrogens with one attached hydrogen (secondary N) is 2. The number of hydrogen-bond acceptors (Lipinski definition) is 6. The van der Waals surface area contributed by atoms with Gasteiger partial charge in [-0.15, -0.1) is 0 Å². The molecular weight excluding hydrogens is 554 g/mol. The molecule has 0 unspecified atom stereocenters. The lowest BCUT2D eigenvalue weighted by Crippen LogP contribution is -2.47. The van der Waals surface area contributed by atoms with E-state index in [1.807, 2.05) is 4.90 Å². The first-order valence-corrected chi connectivity index (χ1v) is 14.8. The van der Waals surface area contributed by atoms with Crippen LogP contribution in [0.4, 0.5) is 13.6 Å². The Labute approximate surface area is 240 Å². The van der Waals surface area contributed by atoms with Crippen LogP contribution in [0, 0.1) is 11.6 Å². The Morgan fingerprint density at radius 1 is 1.00 bits per heavy atom. The van der Waals surface area contributed by atoms with Crippen molar-refractivity contribution < 1.29 is 28.6 Å². The standard InChI is InChI=1S/C29H36F2N4O5S/c30-21-16-19(17-22(31)18-21)8-11-32-12-9-25(37)35(23-4-2-1-3-5-23)15-14-34(29(39)40)13-10-20-6-7-24(36)26-27(20)41-28(38)33-26/h6-7,16-18,23,32,36H,1-5,8-15H2,(H,33,38)(H,39,40). The number of aromatic hydroxyl groups is 1. The van der Waals surface area contributed by atoms with Crippen LogP contribution in [0.15, 0.2) is 35.1 Å². The smallest absolute Gasteiger partial charge is 0.407 e. The Morgan fingerprint density at radius 2 is 1.73 bits per heavy atom. The molecule has 0 aliphatic heterocycles. The predicted molar refractivity (Wildman–Crippen MR) is 154 cm³/mol. The summed E-state index contributed by atoms with van der Waals surface area (Å²) < 4.78 is 27.4. The number of rotatable bonds is 13. The molecule has 3 aromatic rings. The number of thiazole rings is 1. The van der Waals surface area contributed by atoms with Gasteiger partial charge >= 0.3 is 11.0 Å². The van der Waals surface area contributed by atoms with E-state index in [0.717, 1.165) is 55.1 Å². The van der Waals surface area contributed by atoms with Crippen molar-refractivity contribution in [1.29, 1.82) is 0 Å². The molecule has 41 heavy (non-hydrogen) atoms. The molecule has 1 saturated carbocycles. The highest BCUT2D eigenvalue weighted by molar-refractivity contribution is 7.16. The minimum absolute atomic E-state index is 0.0313. The molecule has 1 fully saturated rings. The molecule has 0 atom stereocenters. The molecule has 0 radical (unpaired) electrons. The van der Waals surface area contributed by atoms with Crippen LogP contribution in [0.25, 0.3) is 10.2 Å². The van der Waals surface area contributed by atoms with Gasteiger partial charge in [0.2, 0.25) is 5.91 Å². The second-order valence-electron chi connectivity index (χ2n) is 10.4. The Hall–Kier alpha value is -3.51. The Balaban J connectivity index is 1.32. The van der Waals surface area contributed by atoms with E-state index < -0.39 is 17.7 Å². The summed E-state index contributed by atoms with van der Waals surface area (Å²) in [6.45, 7) is 1.48. The third-order valence-electron chi connectivity index (χ3n) is 7.54. The number of phenolic OH excluding ortho intramolecular Hbond substituents is 1. The highest BCUT2D eigenvalue weighted by Crippen LogP contribution is 2.28. The maximum Gasteiger partial charge on any atom is 0.407 e. The van der Waals surface area contributed by atoms with Crippen molar-refractivity contribution >= 4 is 33.6 Å². The number of hydrogen-bond donors (Lipinski definition) is 4. The zero-order valence-corrected chi connectivity index (χ0v) is 23.7. The second-order valence-corrected chi connectivity index (χ2v) is 11.4. The number of aromatic amines is 1. The fourth-order valence-electron chi connectivity index (χ4n) is 5.41. The van der Waals surface area contributed by atoms with Crippen molar-refractivity contribution in [1.82, 2.24) is 20.1 Å². The fourth-order valence-corrected chi connectivity index (χ4v) is 6.31. The largest absolute Gasteiger partial charge is 0.506 e. The van der Waals surface area contributed by atoms with E-state index in [1.165, 1.54) is 23.1 Å². The molecule has 4 N–H and O–H groups in total. The van der Waals surface area contributed by atoms with E-state index in [0.29, 0.717) is 41.7 Å². The Kier molecular flexibility index (Phi) is 10.7. The molecule has 4 rings (SSSR count). The van der Waals surface area contributed by atoms with Gasteiger partial charge in [0.05, 0.1) is 4.70 Å². The average Bonchev–Trinajstić information content (AvgIpc) is 3.33. The van der Waals surface area contributed by atoms with Crippen LogP contribution in [-0.4, -0.2) is 75.8 Å². The molecule has 0 bridgehead atoms. The van der Waals surface area contributed by atoms with Gasteiger partial charge < -0.3 is 30.3 Å². The van der Waals surface area contributed by atoms with E-state index in [9.17, 15) is 33.4 Å². The first-order valence-electron chi connectivity index (χ1n) is 14.0. The van der Waals surface area contributed by atoms with Crippen LogP contribution in [0.5, 0.6) is 5.75 Å². The zero-order chi connectivity index (χ0) is 29.4. The molecular formula is C29H36F2N4O5S. The van der Waals surface area contributed by atoms with E-state index in [-0.39, 0.29) is 48.6 Å². The minimum atomic E-state index is -1.09. The molecule has 1 aliphatic rings. The Morgan fingerprint density at radius 3 is 2.44 bits per heavy atom. The molecule has 2 aromatic carbocycles. The average molecular weight is 591 g/mol. The zero-order valence-electron chi connectivity index (χ0n) is 22.8. The topological polar surface area (TPSA) is 126 Å². The summed E-state index contributed by atoms with van der Waals surface area (Å²) in [4.78, 5) is 42.6. The van der Waals surface area contributed by atoms with Crippen molar-refractivity contribution in [3.8, 4) is 5.75 Å². The first kappa shape index (κ1) is 30.4. The first-order chi connectivity index (χ1) is 19.7. The van der Waals surface area contributed by atoms with Crippen LogP contribution >= 0.6 is 11.3 Å². The summed E-state index contributed by atoms with van der Waals surface area (Å²) in [5.74, 6) is -1.32. The van der Waals surface area contributed by atoms with Gasteiger partial charge in [-0.3, -0.25) is 9.59 Å². The highest BCUT2D eigenvalue weighted by Gasteiger charge is 2.26. The summed E-state index contributed by atoms with van der Waals surface area (Å²) >= 11 is 0.976. The number of carbonyl (C=O) groups is 2. The second kappa shape index (κ2) is 14.4. The third-order valence-corrected chi connectivity index (χ3v) is 8.49. The van der Waals surface area contributed by atoms with E-state index in [2.05, 4.69) is 10.3 Å². The number of nitrogens with zero attached hydrogens (tertiary/aromatic N) is 2. The number of carboxylic acid groups (broad SMARTS) is 1. The van der Waals surface area contributed by atoms with Gasteiger partial charge in [-0.25, -0.2) is 13.6 Å². The SMILES string of the molecule is O=C(O)N(CCc1ccc(O)c2[nH]c(=O)sc12)CCN(C(=O)CCNCCc1cc(F)cc(F)c1)C1CCCCC1.